The zero-order chi connectivity index (χ0) is 42.6. The van der Waals surface area contributed by atoms with E-state index in [9.17, 15) is 19.5 Å². The molecule has 0 spiro atoms. The summed E-state index contributed by atoms with van der Waals surface area (Å²) < 4.78 is 12.3. The summed E-state index contributed by atoms with van der Waals surface area (Å²) in [5.74, 6) is -0.868. The van der Waals surface area contributed by atoms with Crippen molar-refractivity contribution in [2.75, 3.05) is 5.32 Å². The molecule has 2 heterocycles. The Labute approximate surface area is 367 Å². The molecule has 0 fully saturated rings. The normalized spacial score (nSPS) is 16.2. The molecule has 0 bridgehead atoms. The van der Waals surface area contributed by atoms with Gasteiger partial charge in [-0.2, -0.15) is 5.26 Å². The first-order chi connectivity index (χ1) is 29.5. The Hall–Kier alpha value is -6.35. The molecule has 13 heteroatoms. The van der Waals surface area contributed by atoms with Crippen LogP contribution in [0.4, 0.5) is 5.69 Å². The van der Waals surface area contributed by atoms with Crippen LogP contribution in [0, 0.1) is 11.3 Å². The first-order valence-electron chi connectivity index (χ1n) is 19.4. The molecule has 306 valence electrons. The topological polar surface area (TPSA) is 141 Å². The van der Waals surface area contributed by atoms with E-state index in [-0.39, 0.29) is 25.4 Å². The maximum atomic E-state index is 14.2. The standard InChI is InChI=1S/C48H37Cl3N4O6/c49-38-4-2-1-3-34(38)25-55-26-36-23-44-41(53-47(57)45(61-44)33-14-16-37(17-15-33)60-27-30-9-18-39(50)40(51)19-30)21-35(36)22-43(55)46(56)54-42(48(58)59)20-28-5-10-31(11-6-28)32-12-7-29(24-52)8-13-32/h1-19,21,23,42-43,45H,20,22,25-27H2,(H,53,57)(H,54,56)(H,58,59)/t42?,43-,45-/m0/s1. The van der Waals surface area contributed by atoms with Crippen LogP contribution in [-0.2, 0) is 46.9 Å². The summed E-state index contributed by atoms with van der Waals surface area (Å²) in [5, 5.41) is 26.7. The Morgan fingerprint density at radius 3 is 2.25 bits per heavy atom. The molecule has 2 amide bonds. The highest BCUT2D eigenvalue weighted by molar-refractivity contribution is 6.42. The minimum absolute atomic E-state index is 0.0646. The predicted octanol–water partition coefficient (Wildman–Crippen LogP) is 9.58. The summed E-state index contributed by atoms with van der Waals surface area (Å²) in [7, 11) is 0. The molecule has 0 saturated carbocycles. The van der Waals surface area contributed by atoms with E-state index in [0.717, 1.165) is 38.9 Å². The maximum absolute atomic E-state index is 14.2. The number of halogens is 3. The summed E-state index contributed by atoms with van der Waals surface area (Å²) in [6.45, 7) is 0.929. The van der Waals surface area contributed by atoms with Gasteiger partial charge in [-0.15, -0.1) is 0 Å². The van der Waals surface area contributed by atoms with Crippen LogP contribution in [0.2, 0.25) is 15.1 Å². The van der Waals surface area contributed by atoms with E-state index in [4.69, 9.17) is 49.5 Å². The summed E-state index contributed by atoms with van der Waals surface area (Å²) in [6, 6.07) is 38.3. The number of hydrogen-bond donors (Lipinski definition) is 3. The number of carboxylic acids is 1. The lowest BCUT2D eigenvalue weighted by molar-refractivity contribution is -0.142. The van der Waals surface area contributed by atoms with Gasteiger partial charge in [-0.3, -0.25) is 14.5 Å². The van der Waals surface area contributed by atoms with E-state index in [0.29, 0.717) is 56.5 Å². The monoisotopic (exact) mass is 870 g/mol. The average Bonchev–Trinajstić information content (AvgIpc) is 3.26. The highest BCUT2D eigenvalue weighted by Crippen LogP contribution is 2.40. The highest BCUT2D eigenvalue weighted by atomic mass is 35.5. The number of carbonyl (C=O) groups is 3. The lowest BCUT2D eigenvalue weighted by Gasteiger charge is -2.38. The second-order valence-corrected chi connectivity index (χ2v) is 16.1. The number of carboxylic acid groups (broad SMARTS) is 1. The van der Waals surface area contributed by atoms with Gasteiger partial charge in [0.1, 0.15) is 24.1 Å². The van der Waals surface area contributed by atoms with Gasteiger partial charge in [0, 0.05) is 30.1 Å². The fraction of sp³-hybridized carbons (Fsp3) is 0.167. The van der Waals surface area contributed by atoms with Gasteiger partial charge in [-0.05, 0) is 100.0 Å². The molecule has 61 heavy (non-hydrogen) atoms. The van der Waals surface area contributed by atoms with Gasteiger partial charge in [-0.25, -0.2) is 4.79 Å². The maximum Gasteiger partial charge on any atom is 0.326 e. The smallest absolute Gasteiger partial charge is 0.326 e. The molecule has 0 aliphatic carbocycles. The van der Waals surface area contributed by atoms with E-state index in [2.05, 4.69) is 16.7 Å². The summed E-state index contributed by atoms with van der Waals surface area (Å²) in [4.78, 5) is 42.2. The number of amides is 2. The van der Waals surface area contributed by atoms with E-state index in [1.165, 1.54) is 0 Å². The van der Waals surface area contributed by atoms with E-state index in [1.807, 2.05) is 77.7 Å². The molecule has 0 radical (unpaired) electrons. The van der Waals surface area contributed by atoms with Crippen LogP contribution >= 0.6 is 34.8 Å². The Balaban J connectivity index is 0.984. The number of hydrogen-bond acceptors (Lipinski definition) is 7. The van der Waals surface area contributed by atoms with Crippen molar-refractivity contribution < 1.29 is 29.0 Å². The third kappa shape index (κ3) is 9.51. The van der Waals surface area contributed by atoms with E-state index >= 15 is 0 Å². The Bertz CT molecular complexity index is 2670. The Morgan fingerprint density at radius 2 is 1.56 bits per heavy atom. The Kier molecular flexibility index (Phi) is 12.3. The number of benzene rings is 6. The Morgan fingerprint density at radius 1 is 0.852 bits per heavy atom. The predicted molar refractivity (Wildman–Crippen MR) is 234 cm³/mol. The summed E-state index contributed by atoms with van der Waals surface area (Å²) in [5.41, 5.74) is 7.63. The van der Waals surface area contributed by atoms with E-state index in [1.54, 1.807) is 54.6 Å². The van der Waals surface area contributed by atoms with Gasteiger partial charge in [0.15, 0.2) is 0 Å². The van der Waals surface area contributed by atoms with Crippen LogP contribution in [0.3, 0.4) is 0 Å². The van der Waals surface area contributed by atoms with Gasteiger partial charge < -0.3 is 25.2 Å². The van der Waals surface area contributed by atoms with Crippen molar-refractivity contribution in [1.29, 1.82) is 5.26 Å². The average molecular weight is 872 g/mol. The minimum atomic E-state index is -1.20. The van der Waals surface area contributed by atoms with Gasteiger partial charge in [0.2, 0.25) is 12.0 Å². The van der Waals surface area contributed by atoms with Crippen molar-refractivity contribution >= 4 is 58.3 Å². The third-order valence-corrected chi connectivity index (χ3v) is 11.9. The summed E-state index contributed by atoms with van der Waals surface area (Å²) in [6.07, 6.45) is -0.612. The molecule has 6 aromatic rings. The SMILES string of the molecule is N#Cc1ccc(-c2ccc(CC(NC(=O)[C@@H]3Cc4cc5c(cc4CN3Cc3ccccc3Cl)O[C@@H](c3ccc(OCc4ccc(Cl)c(Cl)c4)cc3)C(=O)N5)C(=O)O)cc2)cc1. The van der Waals surface area contributed by atoms with Crippen molar-refractivity contribution in [3.8, 4) is 28.7 Å². The first-order valence-corrected chi connectivity index (χ1v) is 20.5. The number of aliphatic carboxylic acids is 1. The minimum Gasteiger partial charge on any atom is -0.489 e. The van der Waals surface area contributed by atoms with Crippen LogP contribution in [0.1, 0.15) is 45.0 Å². The number of nitrogens with one attached hydrogen (secondary N) is 2. The highest BCUT2D eigenvalue weighted by Gasteiger charge is 2.37. The quantitative estimate of drug-likeness (QED) is 0.111. The molecule has 0 aromatic heterocycles. The molecule has 2 aliphatic heterocycles. The van der Waals surface area contributed by atoms with Gasteiger partial charge >= 0.3 is 5.97 Å². The van der Waals surface area contributed by atoms with Crippen molar-refractivity contribution in [3.63, 3.8) is 0 Å². The number of nitrogens with zero attached hydrogens (tertiary/aromatic N) is 2. The number of fused-ring (bicyclic) bond motifs is 2. The van der Waals surface area contributed by atoms with Crippen LogP contribution in [-0.4, -0.2) is 39.9 Å². The van der Waals surface area contributed by atoms with Crippen LogP contribution in [0.5, 0.6) is 11.5 Å². The van der Waals surface area contributed by atoms with Crippen LogP contribution in [0.15, 0.2) is 127 Å². The molecular weight excluding hydrogens is 835 g/mol. The molecular formula is C48H37Cl3N4O6. The van der Waals surface area contributed by atoms with Gasteiger partial charge in [0.05, 0.1) is 33.4 Å². The molecule has 3 atom stereocenters. The largest absolute Gasteiger partial charge is 0.489 e. The second-order valence-electron chi connectivity index (χ2n) is 14.9. The lowest BCUT2D eigenvalue weighted by Crippen LogP contribution is -2.54. The molecule has 3 N–H and O–H groups in total. The third-order valence-electron chi connectivity index (χ3n) is 10.8. The fourth-order valence-electron chi connectivity index (χ4n) is 7.54. The number of anilines is 1. The number of ether oxygens (including phenoxy) is 2. The van der Waals surface area contributed by atoms with Crippen molar-refractivity contribution in [1.82, 2.24) is 10.2 Å². The molecule has 8 rings (SSSR count). The summed E-state index contributed by atoms with van der Waals surface area (Å²) >= 11 is 18.8. The zero-order valence-electron chi connectivity index (χ0n) is 32.4. The zero-order valence-corrected chi connectivity index (χ0v) is 34.7. The molecule has 0 saturated heterocycles. The first kappa shape index (κ1) is 41.4. The number of carbonyl (C=O) groups excluding carboxylic acids is 2. The van der Waals surface area contributed by atoms with Gasteiger partial charge in [-0.1, -0.05) is 108 Å². The molecule has 1 unspecified atom stereocenters. The number of rotatable bonds is 12. The molecule has 6 aromatic carbocycles. The number of nitriles is 1. The van der Waals surface area contributed by atoms with Gasteiger partial charge in [0.25, 0.3) is 5.91 Å². The van der Waals surface area contributed by atoms with E-state index < -0.39 is 30.1 Å². The second kappa shape index (κ2) is 18.1. The van der Waals surface area contributed by atoms with Crippen molar-refractivity contribution in [2.45, 2.75) is 50.7 Å². The van der Waals surface area contributed by atoms with Crippen LogP contribution < -0.4 is 20.1 Å². The van der Waals surface area contributed by atoms with Crippen LogP contribution in [0.25, 0.3) is 11.1 Å². The fourth-order valence-corrected chi connectivity index (χ4v) is 8.06. The lowest BCUT2D eigenvalue weighted by atomic mass is 9.91. The molecule has 2 aliphatic rings. The molecule has 10 nitrogen and oxygen atoms in total. The van der Waals surface area contributed by atoms with Crippen molar-refractivity contribution in [2.24, 2.45) is 0 Å². The van der Waals surface area contributed by atoms with Crippen molar-refractivity contribution in [3.05, 3.63) is 181 Å².